The Hall–Kier alpha value is -2.93. The number of benzene rings is 1. The van der Waals surface area contributed by atoms with E-state index < -0.39 is 0 Å². The standard InChI is InChI=1S/C19H17N3O3S/c23-19(20-13-5-6-15-16(11-13)25-12-24-15)22-9-8-21-7-1-3-14(21)18(22)17-4-2-10-26-17/h1-7,10-11,18H,8-9,12H2,(H,20,23)/t18-/m1/s1. The van der Waals surface area contributed by atoms with Crippen molar-refractivity contribution >= 4 is 23.1 Å². The van der Waals surface area contributed by atoms with Crippen LogP contribution in [-0.2, 0) is 6.54 Å². The van der Waals surface area contributed by atoms with E-state index in [2.05, 4.69) is 28.2 Å². The number of hydrogen-bond donors (Lipinski definition) is 1. The minimum atomic E-state index is -0.116. The molecule has 3 aromatic rings. The maximum absolute atomic E-state index is 13.0. The minimum Gasteiger partial charge on any atom is -0.454 e. The molecule has 0 saturated heterocycles. The third kappa shape index (κ3) is 2.52. The monoisotopic (exact) mass is 367 g/mol. The van der Waals surface area contributed by atoms with Gasteiger partial charge in [-0.15, -0.1) is 11.3 Å². The summed E-state index contributed by atoms with van der Waals surface area (Å²) in [6, 6.07) is 13.5. The van der Waals surface area contributed by atoms with Crippen molar-refractivity contribution in [3.05, 3.63) is 64.6 Å². The number of rotatable bonds is 2. The molecule has 132 valence electrons. The molecule has 0 radical (unpaired) electrons. The summed E-state index contributed by atoms with van der Waals surface area (Å²) in [6.07, 6.45) is 2.07. The highest BCUT2D eigenvalue weighted by atomic mass is 32.1. The summed E-state index contributed by atoms with van der Waals surface area (Å²) in [5.74, 6) is 1.36. The summed E-state index contributed by atoms with van der Waals surface area (Å²) in [5, 5.41) is 5.05. The fourth-order valence-electron chi connectivity index (χ4n) is 3.52. The van der Waals surface area contributed by atoms with Crippen molar-refractivity contribution < 1.29 is 14.3 Å². The Labute approximate surface area is 154 Å². The third-order valence-corrected chi connectivity index (χ3v) is 5.66. The second-order valence-electron chi connectivity index (χ2n) is 6.24. The number of carbonyl (C=O) groups is 1. The van der Waals surface area contributed by atoms with Crippen LogP contribution in [0.1, 0.15) is 16.6 Å². The number of fused-ring (bicyclic) bond motifs is 2. The van der Waals surface area contributed by atoms with E-state index in [1.807, 2.05) is 34.5 Å². The molecule has 2 aliphatic heterocycles. The van der Waals surface area contributed by atoms with Crippen molar-refractivity contribution in [3.8, 4) is 11.5 Å². The number of anilines is 1. The number of thiophene rings is 1. The molecule has 2 aliphatic rings. The minimum absolute atomic E-state index is 0.0761. The molecule has 0 saturated carbocycles. The van der Waals surface area contributed by atoms with Gasteiger partial charge in [0.05, 0.1) is 0 Å². The Bertz CT molecular complexity index is 951. The lowest BCUT2D eigenvalue weighted by molar-refractivity contribution is 0.174. The van der Waals surface area contributed by atoms with Crippen LogP contribution in [0.2, 0.25) is 0 Å². The Morgan fingerprint density at radius 3 is 2.92 bits per heavy atom. The van der Waals surface area contributed by atoms with Gasteiger partial charge in [0.1, 0.15) is 6.04 Å². The average Bonchev–Trinajstić information content (AvgIpc) is 3.40. The van der Waals surface area contributed by atoms with Gasteiger partial charge in [-0.3, -0.25) is 0 Å². The molecule has 26 heavy (non-hydrogen) atoms. The van der Waals surface area contributed by atoms with Gasteiger partial charge in [0.2, 0.25) is 6.79 Å². The first-order valence-electron chi connectivity index (χ1n) is 8.45. The first kappa shape index (κ1) is 15.3. The molecule has 1 atom stereocenters. The number of aromatic nitrogens is 1. The number of nitrogens with zero attached hydrogens (tertiary/aromatic N) is 2. The molecule has 6 nitrogen and oxygen atoms in total. The molecule has 0 fully saturated rings. The van der Waals surface area contributed by atoms with Crippen molar-refractivity contribution in [2.75, 3.05) is 18.7 Å². The molecule has 5 rings (SSSR count). The van der Waals surface area contributed by atoms with Crippen molar-refractivity contribution in [1.29, 1.82) is 0 Å². The van der Waals surface area contributed by atoms with Gasteiger partial charge in [0.25, 0.3) is 0 Å². The second-order valence-corrected chi connectivity index (χ2v) is 7.22. The first-order chi connectivity index (χ1) is 12.8. The topological polar surface area (TPSA) is 55.7 Å². The Morgan fingerprint density at radius 2 is 2.04 bits per heavy atom. The highest BCUT2D eigenvalue weighted by Gasteiger charge is 2.33. The Kier molecular flexibility index (Phi) is 3.60. The predicted molar refractivity (Wildman–Crippen MR) is 98.9 cm³/mol. The van der Waals surface area contributed by atoms with E-state index in [1.54, 1.807) is 17.4 Å². The van der Waals surface area contributed by atoms with Gasteiger partial charge in [-0.1, -0.05) is 6.07 Å². The van der Waals surface area contributed by atoms with Crippen LogP contribution >= 0.6 is 11.3 Å². The smallest absolute Gasteiger partial charge is 0.322 e. The molecule has 2 aromatic heterocycles. The van der Waals surface area contributed by atoms with Gasteiger partial charge in [0.15, 0.2) is 11.5 Å². The zero-order valence-corrected chi connectivity index (χ0v) is 14.7. The third-order valence-electron chi connectivity index (χ3n) is 4.74. The lowest BCUT2D eigenvalue weighted by Gasteiger charge is -2.36. The lowest BCUT2D eigenvalue weighted by atomic mass is 10.1. The molecule has 4 heterocycles. The number of hydrogen-bond acceptors (Lipinski definition) is 4. The van der Waals surface area contributed by atoms with Crippen LogP contribution in [0.25, 0.3) is 0 Å². The van der Waals surface area contributed by atoms with E-state index in [9.17, 15) is 4.79 Å². The van der Waals surface area contributed by atoms with Crippen molar-refractivity contribution in [2.24, 2.45) is 0 Å². The number of amides is 2. The van der Waals surface area contributed by atoms with Crippen LogP contribution in [0.5, 0.6) is 11.5 Å². The lowest BCUT2D eigenvalue weighted by Crippen LogP contribution is -2.44. The predicted octanol–water partition coefficient (Wildman–Crippen LogP) is 3.92. The summed E-state index contributed by atoms with van der Waals surface area (Å²) < 4.78 is 12.9. The SMILES string of the molecule is O=C(Nc1ccc2c(c1)OCO2)N1CCn2cccc2[C@@H]1c1cccs1. The molecular weight excluding hydrogens is 350 g/mol. The molecule has 0 unspecified atom stereocenters. The molecule has 7 heteroatoms. The fraction of sp³-hybridized carbons (Fsp3) is 0.211. The summed E-state index contributed by atoms with van der Waals surface area (Å²) in [5.41, 5.74) is 1.84. The van der Waals surface area contributed by atoms with Crippen LogP contribution in [0.4, 0.5) is 10.5 Å². The van der Waals surface area contributed by atoms with Gasteiger partial charge in [-0.2, -0.15) is 0 Å². The number of carbonyl (C=O) groups excluding carboxylic acids is 1. The zero-order chi connectivity index (χ0) is 17.5. The van der Waals surface area contributed by atoms with Crippen molar-refractivity contribution in [3.63, 3.8) is 0 Å². The van der Waals surface area contributed by atoms with Crippen LogP contribution in [-0.4, -0.2) is 28.8 Å². The first-order valence-corrected chi connectivity index (χ1v) is 9.33. The number of ether oxygens (including phenoxy) is 2. The molecule has 0 aliphatic carbocycles. The average molecular weight is 367 g/mol. The highest BCUT2D eigenvalue weighted by Crippen LogP contribution is 2.37. The number of urea groups is 1. The fourth-order valence-corrected chi connectivity index (χ4v) is 4.37. The maximum atomic E-state index is 13.0. The normalized spacial score (nSPS) is 17.8. The van der Waals surface area contributed by atoms with E-state index in [0.29, 0.717) is 23.7 Å². The van der Waals surface area contributed by atoms with Gasteiger partial charge < -0.3 is 24.3 Å². The molecule has 1 aromatic carbocycles. The van der Waals surface area contributed by atoms with E-state index in [0.717, 1.165) is 17.1 Å². The quantitative estimate of drug-likeness (QED) is 0.747. The van der Waals surface area contributed by atoms with Crippen LogP contribution in [0, 0.1) is 0 Å². The Balaban J connectivity index is 1.44. The molecule has 1 N–H and O–H groups in total. The van der Waals surface area contributed by atoms with Gasteiger partial charge in [0, 0.05) is 41.6 Å². The summed E-state index contributed by atoms with van der Waals surface area (Å²) in [7, 11) is 0. The van der Waals surface area contributed by atoms with Crippen LogP contribution in [0.15, 0.2) is 54.0 Å². The Morgan fingerprint density at radius 1 is 1.12 bits per heavy atom. The van der Waals surface area contributed by atoms with Crippen molar-refractivity contribution in [1.82, 2.24) is 9.47 Å². The van der Waals surface area contributed by atoms with E-state index >= 15 is 0 Å². The molecule has 0 bridgehead atoms. The second kappa shape index (κ2) is 6.10. The highest BCUT2D eigenvalue weighted by molar-refractivity contribution is 7.10. The molecule has 0 spiro atoms. The summed E-state index contributed by atoms with van der Waals surface area (Å²) >= 11 is 1.67. The summed E-state index contributed by atoms with van der Waals surface area (Å²) in [4.78, 5) is 16.1. The van der Waals surface area contributed by atoms with Crippen LogP contribution < -0.4 is 14.8 Å². The zero-order valence-electron chi connectivity index (χ0n) is 13.9. The van der Waals surface area contributed by atoms with Crippen molar-refractivity contribution in [2.45, 2.75) is 12.6 Å². The molecular formula is C19H17N3O3S. The van der Waals surface area contributed by atoms with E-state index in [1.165, 1.54) is 0 Å². The van der Waals surface area contributed by atoms with Gasteiger partial charge in [-0.05, 0) is 35.7 Å². The van der Waals surface area contributed by atoms with Gasteiger partial charge >= 0.3 is 6.03 Å². The summed E-state index contributed by atoms with van der Waals surface area (Å²) in [6.45, 7) is 1.66. The van der Waals surface area contributed by atoms with Crippen LogP contribution in [0.3, 0.4) is 0 Å². The van der Waals surface area contributed by atoms with Gasteiger partial charge in [-0.25, -0.2) is 4.79 Å². The number of nitrogens with one attached hydrogen (secondary N) is 1. The van der Waals surface area contributed by atoms with E-state index in [-0.39, 0.29) is 18.9 Å². The largest absolute Gasteiger partial charge is 0.454 e. The van der Waals surface area contributed by atoms with E-state index in [4.69, 9.17) is 9.47 Å². The molecule has 2 amide bonds. The maximum Gasteiger partial charge on any atom is 0.322 e.